The summed E-state index contributed by atoms with van der Waals surface area (Å²) in [5.74, 6) is 0.189. The van der Waals surface area contributed by atoms with Gasteiger partial charge in [-0.25, -0.2) is 0 Å². The zero-order valence-corrected chi connectivity index (χ0v) is 16.4. The molecule has 0 atom stereocenters. The predicted octanol–water partition coefficient (Wildman–Crippen LogP) is 5.46. The Balaban J connectivity index is 1.51. The Morgan fingerprint density at radius 1 is 1.26 bits per heavy atom. The van der Waals surface area contributed by atoms with Crippen LogP contribution in [0.4, 0.5) is 18.9 Å². The number of alkyl halides is 3. The van der Waals surface area contributed by atoms with Crippen LogP contribution in [-0.4, -0.2) is 21.4 Å². The average Bonchev–Trinajstić information content (AvgIpc) is 3.33. The number of thiocarbonyl (C=S) groups is 1. The summed E-state index contributed by atoms with van der Waals surface area (Å²) in [4.78, 5) is 0. The lowest BCUT2D eigenvalue weighted by molar-refractivity contribution is -0.141. The molecule has 4 nitrogen and oxygen atoms in total. The Hall–Kier alpha value is -1.51. The molecule has 0 aliphatic heterocycles. The first-order chi connectivity index (χ1) is 12.7. The standard InChI is InChI=1S/C17H17Cl2F3N4S/c18-11-4-5-12(19)13(8-11)24-16(27)23-6-1-7-26-14(10-2-3-10)9-15(25-26)17(20,21)22/h4-5,8-10H,1-3,6-7H2,(H2,23,24,27). The van der Waals surface area contributed by atoms with Crippen LogP contribution in [0.2, 0.25) is 10.0 Å². The van der Waals surface area contributed by atoms with Crippen LogP contribution in [0.15, 0.2) is 24.3 Å². The topological polar surface area (TPSA) is 41.9 Å². The first kappa shape index (κ1) is 20.2. The van der Waals surface area contributed by atoms with Crippen LogP contribution in [0.1, 0.15) is 36.6 Å². The molecule has 1 saturated carbocycles. The molecule has 27 heavy (non-hydrogen) atoms. The van der Waals surface area contributed by atoms with E-state index in [1.165, 1.54) is 10.7 Å². The van der Waals surface area contributed by atoms with Gasteiger partial charge in [-0.15, -0.1) is 0 Å². The fourth-order valence-electron chi connectivity index (χ4n) is 2.65. The minimum Gasteiger partial charge on any atom is -0.362 e. The second kappa shape index (κ2) is 8.24. The lowest BCUT2D eigenvalue weighted by atomic mass is 10.2. The molecule has 146 valence electrons. The molecule has 0 radical (unpaired) electrons. The van der Waals surface area contributed by atoms with E-state index < -0.39 is 11.9 Å². The highest BCUT2D eigenvalue weighted by atomic mass is 35.5. The number of hydrogen-bond acceptors (Lipinski definition) is 2. The Morgan fingerprint density at radius 3 is 2.67 bits per heavy atom. The second-order valence-electron chi connectivity index (χ2n) is 6.31. The van der Waals surface area contributed by atoms with Gasteiger partial charge >= 0.3 is 6.18 Å². The van der Waals surface area contributed by atoms with Crippen molar-refractivity contribution in [2.24, 2.45) is 0 Å². The van der Waals surface area contributed by atoms with E-state index in [2.05, 4.69) is 15.7 Å². The molecule has 0 spiro atoms. The number of rotatable bonds is 6. The summed E-state index contributed by atoms with van der Waals surface area (Å²) in [7, 11) is 0. The molecule has 0 amide bonds. The smallest absolute Gasteiger partial charge is 0.362 e. The largest absolute Gasteiger partial charge is 0.435 e. The van der Waals surface area contributed by atoms with Crippen molar-refractivity contribution < 1.29 is 13.2 Å². The van der Waals surface area contributed by atoms with Gasteiger partial charge < -0.3 is 10.6 Å². The summed E-state index contributed by atoms with van der Waals surface area (Å²) in [6.07, 6.45) is -2.02. The van der Waals surface area contributed by atoms with Crippen molar-refractivity contribution in [2.75, 3.05) is 11.9 Å². The lowest BCUT2D eigenvalue weighted by Crippen LogP contribution is -2.30. The molecule has 0 saturated heterocycles. The van der Waals surface area contributed by atoms with Crippen molar-refractivity contribution in [2.45, 2.75) is 37.9 Å². The molecule has 2 N–H and O–H groups in total. The van der Waals surface area contributed by atoms with Crippen LogP contribution in [0.3, 0.4) is 0 Å². The molecule has 1 aromatic carbocycles. The van der Waals surface area contributed by atoms with Crippen LogP contribution < -0.4 is 10.6 Å². The van der Waals surface area contributed by atoms with E-state index in [9.17, 15) is 13.2 Å². The fourth-order valence-corrected chi connectivity index (χ4v) is 3.20. The molecule has 1 heterocycles. The molecule has 1 aromatic heterocycles. The summed E-state index contributed by atoms with van der Waals surface area (Å²) >= 11 is 17.2. The van der Waals surface area contributed by atoms with Gasteiger partial charge in [-0.3, -0.25) is 4.68 Å². The SMILES string of the molecule is FC(F)(F)c1cc(C2CC2)n(CCCNC(=S)Nc2cc(Cl)ccc2Cl)n1. The maximum atomic E-state index is 12.9. The summed E-state index contributed by atoms with van der Waals surface area (Å²) in [6.45, 7) is 0.866. The molecular weight excluding hydrogens is 420 g/mol. The number of hydrogen-bond donors (Lipinski definition) is 2. The number of aryl methyl sites for hydroxylation is 1. The molecule has 10 heteroatoms. The van der Waals surface area contributed by atoms with E-state index in [0.717, 1.165) is 12.8 Å². The van der Waals surface area contributed by atoms with Crippen LogP contribution in [0.5, 0.6) is 0 Å². The van der Waals surface area contributed by atoms with Gasteiger partial charge in [0.15, 0.2) is 10.8 Å². The average molecular weight is 437 g/mol. The number of aromatic nitrogens is 2. The Labute approximate surface area is 170 Å². The number of nitrogens with one attached hydrogen (secondary N) is 2. The molecule has 0 unspecified atom stereocenters. The maximum Gasteiger partial charge on any atom is 0.435 e. The maximum absolute atomic E-state index is 12.9. The number of benzene rings is 1. The monoisotopic (exact) mass is 436 g/mol. The Bertz CT molecular complexity index is 834. The molecule has 1 fully saturated rings. The third kappa shape index (κ3) is 5.49. The third-order valence-corrected chi connectivity index (χ3v) is 4.92. The van der Waals surface area contributed by atoms with Gasteiger partial charge in [-0.05, 0) is 55.7 Å². The van der Waals surface area contributed by atoms with Crippen LogP contribution >= 0.6 is 35.4 Å². The number of anilines is 1. The summed E-state index contributed by atoms with van der Waals surface area (Å²) in [6, 6.07) is 6.15. The fraction of sp³-hybridized carbons (Fsp3) is 0.412. The van der Waals surface area contributed by atoms with Crippen LogP contribution in [-0.2, 0) is 12.7 Å². The van der Waals surface area contributed by atoms with Gasteiger partial charge in [-0.1, -0.05) is 23.2 Å². The number of halogens is 5. The predicted molar refractivity (Wildman–Crippen MR) is 105 cm³/mol. The number of nitrogens with zero attached hydrogens (tertiary/aromatic N) is 2. The van der Waals surface area contributed by atoms with Gasteiger partial charge in [-0.2, -0.15) is 18.3 Å². The minimum atomic E-state index is -4.42. The first-order valence-corrected chi connectivity index (χ1v) is 9.55. The Morgan fingerprint density at radius 2 is 2.00 bits per heavy atom. The van der Waals surface area contributed by atoms with E-state index in [1.807, 2.05) is 0 Å². The molecule has 2 aromatic rings. The summed E-state index contributed by atoms with van der Waals surface area (Å²) in [5, 5.41) is 11.0. The minimum absolute atomic E-state index is 0.189. The van der Waals surface area contributed by atoms with E-state index in [4.69, 9.17) is 35.4 Å². The second-order valence-corrected chi connectivity index (χ2v) is 7.56. The van der Waals surface area contributed by atoms with E-state index >= 15 is 0 Å². The zero-order chi connectivity index (χ0) is 19.6. The van der Waals surface area contributed by atoms with Crippen molar-refractivity contribution in [3.8, 4) is 0 Å². The molecule has 1 aliphatic carbocycles. The van der Waals surface area contributed by atoms with Gasteiger partial charge in [0.1, 0.15) is 0 Å². The normalized spacial score (nSPS) is 14.3. The summed E-state index contributed by atoms with van der Waals surface area (Å²) < 4.78 is 40.1. The zero-order valence-electron chi connectivity index (χ0n) is 14.1. The van der Waals surface area contributed by atoms with Crippen molar-refractivity contribution in [3.63, 3.8) is 0 Å². The van der Waals surface area contributed by atoms with Gasteiger partial charge in [0.2, 0.25) is 0 Å². The molecule has 0 bridgehead atoms. The first-order valence-electron chi connectivity index (χ1n) is 8.39. The molecular formula is C17H17Cl2F3N4S. The quantitative estimate of drug-likeness (QED) is 0.465. The lowest BCUT2D eigenvalue weighted by Gasteiger charge is -2.12. The van der Waals surface area contributed by atoms with Gasteiger partial charge in [0.05, 0.1) is 10.7 Å². The van der Waals surface area contributed by atoms with E-state index in [1.54, 1.807) is 18.2 Å². The van der Waals surface area contributed by atoms with Crippen molar-refractivity contribution in [1.82, 2.24) is 15.1 Å². The van der Waals surface area contributed by atoms with Gasteiger partial charge in [0.25, 0.3) is 0 Å². The van der Waals surface area contributed by atoms with Crippen LogP contribution in [0, 0.1) is 0 Å². The van der Waals surface area contributed by atoms with E-state index in [-0.39, 0.29) is 5.92 Å². The van der Waals surface area contributed by atoms with Crippen molar-refractivity contribution >= 4 is 46.2 Å². The highest BCUT2D eigenvalue weighted by Gasteiger charge is 2.37. The van der Waals surface area contributed by atoms with Crippen molar-refractivity contribution in [3.05, 3.63) is 45.7 Å². The van der Waals surface area contributed by atoms with Crippen molar-refractivity contribution in [1.29, 1.82) is 0 Å². The highest BCUT2D eigenvalue weighted by molar-refractivity contribution is 7.80. The highest BCUT2D eigenvalue weighted by Crippen LogP contribution is 2.42. The molecule has 1 aliphatic rings. The van der Waals surface area contributed by atoms with E-state index in [0.29, 0.717) is 46.0 Å². The van der Waals surface area contributed by atoms with Crippen LogP contribution in [0.25, 0.3) is 0 Å². The molecule has 3 rings (SSSR count). The van der Waals surface area contributed by atoms with Gasteiger partial charge in [0, 0.05) is 29.7 Å². The Kier molecular flexibility index (Phi) is 6.18. The summed E-state index contributed by atoms with van der Waals surface area (Å²) in [5.41, 5.74) is 0.415. The third-order valence-electron chi connectivity index (χ3n) is 4.11.